The lowest BCUT2D eigenvalue weighted by molar-refractivity contribution is -0.153. The molecule has 0 radical (unpaired) electrons. The van der Waals surface area contributed by atoms with Crippen LogP contribution in [0.5, 0.6) is 0 Å². The van der Waals surface area contributed by atoms with E-state index in [1.54, 1.807) is 0 Å². The highest BCUT2D eigenvalue weighted by Gasteiger charge is 2.40. The molecule has 2 aliphatic rings. The number of hydrogen-bond donors (Lipinski definition) is 1. The Labute approximate surface area is 96.2 Å². The molecule has 2 atom stereocenters. The van der Waals surface area contributed by atoms with Gasteiger partial charge in [0.25, 0.3) is 0 Å². The van der Waals surface area contributed by atoms with Crippen LogP contribution in [0.1, 0.15) is 39.0 Å². The van der Waals surface area contributed by atoms with Crippen molar-refractivity contribution in [1.29, 1.82) is 0 Å². The van der Waals surface area contributed by atoms with Crippen molar-refractivity contribution in [3.8, 4) is 0 Å². The molecule has 1 aliphatic heterocycles. The molecule has 0 aromatic carbocycles. The van der Waals surface area contributed by atoms with Gasteiger partial charge < -0.3 is 5.73 Å². The summed E-state index contributed by atoms with van der Waals surface area (Å²) in [4.78, 5) is 25.4. The second-order valence-corrected chi connectivity index (χ2v) is 5.16. The van der Waals surface area contributed by atoms with Crippen LogP contribution in [0.4, 0.5) is 0 Å². The molecule has 0 spiro atoms. The SMILES string of the molecule is CC1CC(=O)N(C2CCCC2CN)C(=O)C1. The molecule has 2 amide bonds. The number of amides is 2. The summed E-state index contributed by atoms with van der Waals surface area (Å²) in [6, 6.07) is 0.0810. The molecule has 0 bridgehead atoms. The molecule has 4 nitrogen and oxygen atoms in total. The number of imide groups is 1. The Balaban J connectivity index is 2.13. The predicted octanol–water partition coefficient (Wildman–Crippen LogP) is 0.899. The largest absolute Gasteiger partial charge is 0.330 e. The van der Waals surface area contributed by atoms with Crippen molar-refractivity contribution in [3.63, 3.8) is 0 Å². The van der Waals surface area contributed by atoms with E-state index in [1.165, 1.54) is 4.90 Å². The number of hydrogen-bond acceptors (Lipinski definition) is 3. The molecule has 2 N–H and O–H groups in total. The van der Waals surface area contributed by atoms with Gasteiger partial charge in [0, 0.05) is 18.9 Å². The van der Waals surface area contributed by atoms with Crippen LogP contribution in [-0.4, -0.2) is 29.3 Å². The van der Waals surface area contributed by atoms with E-state index in [1.807, 2.05) is 6.92 Å². The van der Waals surface area contributed by atoms with Crippen molar-refractivity contribution in [2.45, 2.75) is 45.1 Å². The van der Waals surface area contributed by atoms with Crippen molar-refractivity contribution >= 4 is 11.8 Å². The van der Waals surface area contributed by atoms with E-state index in [0.29, 0.717) is 25.3 Å². The zero-order valence-electron chi connectivity index (χ0n) is 9.82. The minimum absolute atomic E-state index is 0.00843. The van der Waals surface area contributed by atoms with E-state index in [0.717, 1.165) is 19.3 Å². The van der Waals surface area contributed by atoms with Crippen LogP contribution in [0.25, 0.3) is 0 Å². The molecular formula is C12H20N2O2. The monoisotopic (exact) mass is 224 g/mol. The second-order valence-electron chi connectivity index (χ2n) is 5.16. The Morgan fingerprint density at radius 2 is 1.88 bits per heavy atom. The van der Waals surface area contributed by atoms with E-state index in [2.05, 4.69) is 0 Å². The maximum atomic E-state index is 11.9. The Bertz CT molecular complexity index is 285. The maximum absolute atomic E-state index is 11.9. The third kappa shape index (κ3) is 1.98. The molecule has 1 aliphatic carbocycles. The highest BCUT2D eigenvalue weighted by atomic mass is 16.2. The van der Waals surface area contributed by atoms with Gasteiger partial charge in [-0.1, -0.05) is 13.3 Å². The number of rotatable bonds is 2. The lowest BCUT2D eigenvalue weighted by Gasteiger charge is -2.35. The third-order valence-corrected chi connectivity index (χ3v) is 3.84. The molecule has 1 saturated carbocycles. The van der Waals surface area contributed by atoms with Gasteiger partial charge in [-0.25, -0.2) is 0 Å². The Morgan fingerprint density at radius 3 is 2.44 bits per heavy atom. The summed E-state index contributed by atoms with van der Waals surface area (Å²) in [6.45, 7) is 2.54. The number of carbonyl (C=O) groups is 2. The summed E-state index contributed by atoms with van der Waals surface area (Å²) in [5, 5.41) is 0. The molecule has 4 heteroatoms. The second kappa shape index (κ2) is 4.53. The molecule has 2 unspecified atom stereocenters. The van der Waals surface area contributed by atoms with Gasteiger partial charge in [0.15, 0.2) is 0 Å². The fraction of sp³-hybridized carbons (Fsp3) is 0.833. The Hall–Kier alpha value is -0.900. The number of nitrogens with zero attached hydrogens (tertiary/aromatic N) is 1. The number of piperidine rings is 1. The van der Waals surface area contributed by atoms with Crippen LogP contribution < -0.4 is 5.73 Å². The van der Waals surface area contributed by atoms with Crippen molar-refractivity contribution in [2.75, 3.05) is 6.54 Å². The minimum atomic E-state index is 0.00843. The maximum Gasteiger partial charge on any atom is 0.229 e. The highest BCUT2D eigenvalue weighted by molar-refractivity contribution is 5.98. The third-order valence-electron chi connectivity index (χ3n) is 3.84. The van der Waals surface area contributed by atoms with Gasteiger partial charge in [0.05, 0.1) is 0 Å². The lowest BCUT2D eigenvalue weighted by atomic mass is 9.93. The van der Waals surface area contributed by atoms with Crippen molar-refractivity contribution in [1.82, 2.24) is 4.90 Å². The summed E-state index contributed by atoms with van der Waals surface area (Å²) >= 11 is 0. The first-order chi connectivity index (χ1) is 7.63. The summed E-state index contributed by atoms with van der Waals surface area (Å²) < 4.78 is 0. The first kappa shape index (κ1) is 11.6. The number of likely N-dealkylation sites (tertiary alicyclic amines) is 1. The topological polar surface area (TPSA) is 63.4 Å². The summed E-state index contributed by atoms with van der Waals surface area (Å²) in [6.07, 6.45) is 4.10. The van der Waals surface area contributed by atoms with Gasteiger partial charge in [-0.3, -0.25) is 14.5 Å². The van der Waals surface area contributed by atoms with Crippen LogP contribution in [0.15, 0.2) is 0 Å². The molecule has 16 heavy (non-hydrogen) atoms. The summed E-state index contributed by atoms with van der Waals surface area (Å²) in [5.41, 5.74) is 5.70. The van der Waals surface area contributed by atoms with E-state index in [4.69, 9.17) is 5.73 Å². The lowest BCUT2D eigenvalue weighted by Crippen LogP contribution is -2.51. The van der Waals surface area contributed by atoms with Crippen LogP contribution in [0.3, 0.4) is 0 Å². The summed E-state index contributed by atoms with van der Waals surface area (Å²) in [7, 11) is 0. The Morgan fingerprint density at radius 1 is 1.25 bits per heavy atom. The van der Waals surface area contributed by atoms with Crippen molar-refractivity contribution in [2.24, 2.45) is 17.6 Å². The van der Waals surface area contributed by atoms with Crippen molar-refractivity contribution in [3.05, 3.63) is 0 Å². The van der Waals surface area contributed by atoms with E-state index in [-0.39, 0.29) is 23.8 Å². The molecule has 0 aromatic heterocycles. The van der Waals surface area contributed by atoms with Gasteiger partial charge in [-0.05, 0) is 31.2 Å². The molecule has 1 heterocycles. The fourth-order valence-corrected chi connectivity index (χ4v) is 3.01. The zero-order valence-corrected chi connectivity index (χ0v) is 9.82. The van der Waals surface area contributed by atoms with E-state index >= 15 is 0 Å². The first-order valence-electron chi connectivity index (χ1n) is 6.18. The zero-order chi connectivity index (χ0) is 11.7. The predicted molar refractivity (Wildman–Crippen MR) is 60.4 cm³/mol. The van der Waals surface area contributed by atoms with Gasteiger partial charge in [0.1, 0.15) is 0 Å². The number of nitrogens with two attached hydrogens (primary N) is 1. The molecular weight excluding hydrogens is 204 g/mol. The van der Waals surface area contributed by atoms with Crippen LogP contribution in [-0.2, 0) is 9.59 Å². The van der Waals surface area contributed by atoms with Gasteiger partial charge in [-0.15, -0.1) is 0 Å². The smallest absolute Gasteiger partial charge is 0.229 e. The van der Waals surface area contributed by atoms with Gasteiger partial charge >= 0.3 is 0 Å². The molecule has 90 valence electrons. The fourth-order valence-electron chi connectivity index (χ4n) is 3.01. The van der Waals surface area contributed by atoms with E-state index in [9.17, 15) is 9.59 Å². The molecule has 2 fully saturated rings. The highest BCUT2D eigenvalue weighted by Crippen LogP contribution is 2.32. The number of carbonyl (C=O) groups excluding carboxylic acids is 2. The van der Waals surface area contributed by atoms with Gasteiger partial charge in [0.2, 0.25) is 11.8 Å². The quantitative estimate of drug-likeness (QED) is 0.709. The standard InChI is InChI=1S/C12H20N2O2/c1-8-5-11(15)14(12(16)6-8)10-4-2-3-9(10)7-13/h8-10H,2-7,13H2,1H3. The van der Waals surface area contributed by atoms with Gasteiger partial charge in [-0.2, -0.15) is 0 Å². The van der Waals surface area contributed by atoms with Crippen molar-refractivity contribution < 1.29 is 9.59 Å². The molecule has 2 rings (SSSR count). The average Bonchev–Trinajstić information content (AvgIpc) is 2.64. The normalized spacial score (nSPS) is 32.5. The average molecular weight is 224 g/mol. The molecule has 1 saturated heterocycles. The van der Waals surface area contributed by atoms with Crippen LogP contribution >= 0.6 is 0 Å². The van der Waals surface area contributed by atoms with Crippen LogP contribution in [0, 0.1) is 11.8 Å². The minimum Gasteiger partial charge on any atom is -0.330 e. The molecule has 0 aromatic rings. The van der Waals surface area contributed by atoms with Crippen LogP contribution in [0.2, 0.25) is 0 Å². The first-order valence-corrected chi connectivity index (χ1v) is 6.18. The van der Waals surface area contributed by atoms with E-state index < -0.39 is 0 Å². The summed E-state index contributed by atoms with van der Waals surface area (Å²) in [5.74, 6) is 0.540. The Kier molecular flexibility index (Phi) is 3.28.